The molecule has 2 aromatic heterocycles. The van der Waals surface area contributed by atoms with E-state index in [0.29, 0.717) is 36.0 Å². The summed E-state index contributed by atoms with van der Waals surface area (Å²) in [7, 11) is 1.59. The van der Waals surface area contributed by atoms with Crippen molar-refractivity contribution in [2.24, 2.45) is 17.8 Å². The number of para-hydroxylation sites is 1. The fraction of sp³-hybridized carbons (Fsp3) is 0.406. The molecule has 2 aliphatic heterocycles. The van der Waals surface area contributed by atoms with E-state index in [4.69, 9.17) is 4.74 Å². The number of amides is 3. The Balaban J connectivity index is 1.18. The lowest BCUT2D eigenvalue weighted by Crippen LogP contribution is -2.53. The fourth-order valence-corrected chi connectivity index (χ4v) is 8.16. The lowest BCUT2D eigenvalue weighted by molar-refractivity contribution is -0.127. The molecule has 3 fully saturated rings. The molecule has 7 rings (SSSR count). The third kappa shape index (κ3) is 4.95. The number of hydrogen-bond donors (Lipinski definition) is 3. The van der Waals surface area contributed by atoms with E-state index >= 15 is 0 Å². The third-order valence-corrected chi connectivity index (χ3v) is 10.4. The molecule has 222 valence electrons. The minimum Gasteiger partial charge on any atom is -0.496 e. The smallest absolute Gasteiger partial charge is 0.271 e. The Labute approximate surface area is 252 Å². The van der Waals surface area contributed by atoms with E-state index in [1.54, 1.807) is 18.1 Å². The van der Waals surface area contributed by atoms with E-state index in [2.05, 4.69) is 20.6 Å². The zero-order valence-electron chi connectivity index (χ0n) is 23.8. The maximum Gasteiger partial charge on any atom is 0.271 e. The normalized spacial score (nSPS) is 23.8. The van der Waals surface area contributed by atoms with Gasteiger partial charge in [0.15, 0.2) is 5.01 Å². The molecular formula is C32H33N5O5S. The number of methoxy groups -OCH3 is 1. The molecule has 11 heteroatoms. The zero-order valence-corrected chi connectivity index (χ0v) is 24.6. The van der Waals surface area contributed by atoms with Crippen molar-refractivity contribution in [3.8, 4) is 5.75 Å². The van der Waals surface area contributed by atoms with Gasteiger partial charge >= 0.3 is 0 Å². The van der Waals surface area contributed by atoms with Crippen molar-refractivity contribution in [1.29, 1.82) is 0 Å². The van der Waals surface area contributed by atoms with Crippen molar-refractivity contribution in [3.63, 3.8) is 0 Å². The van der Waals surface area contributed by atoms with Crippen LogP contribution in [0.3, 0.4) is 0 Å². The Morgan fingerprint density at radius 3 is 2.79 bits per heavy atom. The number of carbonyl (C=O) groups excluding carboxylic acids is 4. The van der Waals surface area contributed by atoms with Crippen molar-refractivity contribution in [1.82, 2.24) is 25.5 Å². The van der Waals surface area contributed by atoms with Gasteiger partial charge in [-0.1, -0.05) is 24.6 Å². The number of ether oxygens (including phenoxy) is 1. The number of thiazole rings is 1. The molecule has 0 bridgehead atoms. The zero-order chi connectivity index (χ0) is 29.7. The highest BCUT2D eigenvalue weighted by Gasteiger charge is 2.50. The highest BCUT2D eigenvalue weighted by atomic mass is 32.1. The van der Waals surface area contributed by atoms with E-state index in [1.807, 2.05) is 42.5 Å². The number of nitrogens with zero attached hydrogens (tertiary/aromatic N) is 2. The maximum atomic E-state index is 14.2. The molecule has 2 aromatic carbocycles. The summed E-state index contributed by atoms with van der Waals surface area (Å²) in [6.45, 7) is 1.03. The molecule has 2 saturated heterocycles. The number of benzene rings is 2. The second kappa shape index (κ2) is 11.1. The van der Waals surface area contributed by atoms with Gasteiger partial charge in [-0.05, 0) is 67.9 Å². The summed E-state index contributed by atoms with van der Waals surface area (Å²) in [4.78, 5) is 64.0. The molecule has 3 aliphatic rings. The third-order valence-electron chi connectivity index (χ3n) is 9.32. The summed E-state index contributed by atoms with van der Waals surface area (Å²) in [6, 6.07) is 13.2. The van der Waals surface area contributed by atoms with E-state index in [-0.39, 0.29) is 47.7 Å². The Hall–Kier alpha value is -4.25. The van der Waals surface area contributed by atoms with Crippen molar-refractivity contribution in [3.05, 3.63) is 59.2 Å². The van der Waals surface area contributed by atoms with Gasteiger partial charge in [0.1, 0.15) is 17.5 Å². The average Bonchev–Trinajstić information content (AvgIpc) is 3.83. The van der Waals surface area contributed by atoms with E-state index < -0.39 is 12.1 Å². The van der Waals surface area contributed by atoms with Gasteiger partial charge in [-0.15, -0.1) is 11.3 Å². The first-order valence-corrected chi connectivity index (χ1v) is 15.7. The van der Waals surface area contributed by atoms with Crippen LogP contribution in [0.1, 0.15) is 52.4 Å². The number of aromatic amines is 1. The molecule has 3 amide bonds. The number of carbonyl (C=O) groups is 4. The van der Waals surface area contributed by atoms with Gasteiger partial charge in [0.25, 0.3) is 5.91 Å². The summed E-state index contributed by atoms with van der Waals surface area (Å²) >= 11 is 1.28. The SMILES string of the molecule is COc1cccc2[nH]c(C(=O)N3C[C@@H]4CCC[C@@H]4[C@H]3C(=O)N[C@@H](C[C@@H]3CCNC3=O)C(=O)c3nc4ccccc4s3)cc12. The number of fused-ring (bicyclic) bond motifs is 3. The predicted octanol–water partition coefficient (Wildman–Crippen LogP) is 3.92. The average molecular weight is 600 g/mol. The number of rotatable bonds is 8. The van der Waals surface area contributed by atoms with Gasteiger partial charge in [0.05, 0.1) is 23.4 Å². The largest absolute Gasteiger partial charge is 0.496 e. The molecule has 5 atom stereocenters. The molecule has 1 saturated carbocycles. The Kier molecular flexibility index (Phi) is 7.12. The van der Waals surface area contributed by atoms with Crippen LogP contribution in [-0.4, -0.2) is 70.7 Å². The van der Waals surface area contributed by atoms with E-state index in [9.17, 15) is 19.2 Å². The number of aromatic nitrogens is 2. The van der Waals surface area contributed by atoms with Gasteiger partial charge in [0, 0.05) is 29.9 Å². The van der Waals surface area contributed by atoms with E-state index in [1.165, 1.54) is 11.3 Å². The van der Waals surface area contributed by atoms with E-state index in [0.717, 1.165) is 40.4 Å². The minimum atomic E-state index is -0.934. The first kappa shape index (κ1) is 27.6. The molecule has 0 spiro atoms. The highest BCUT2D eigenvalue weighted by molar-refractivity contribution is 7.20. The van der Waals surface area contributed by atoms with Gasteiger partial charge < -0.3 is 25.3 Å². The summed E-state index contributed by atoms with van der Waals surface area (Å²) in [5, 5.41) is 6.95. The van der Waals surface area contributed by atoms with Crippen LogP contribution in [0.4, 0.5) is 0 Å². The number of Topliss-reactive ketones (excluding diaryl/α,β-unsaturated/α-hetero) is 1. The number of ketones is 1. The van der Waals surface area contributed by atoms with Crippen molar-refractivity contribution in [2.75, 3.05) is 20.2 Å². The number of likely N-dealkylation sites (tertiary alicyclic amines) is 1. The molecule has 4 aromatic rings. The summed E-state index contributed by atoms with van der Waals surface area (Å²) < 4.78 is 6.36. The molecule has 4 heterocycles. The van der Waals surface area contributed by atoms with Crippen LogP contribution in [0, 0.1) is 17.8 Å². The topological polar surface area (TPSA) is 133 Å². The van der Waals surface area contributed by atoms with Crippen LogP contribution in [0.25, 0.3) is 21.1 Å². The van der Waals surface area contributed by atoms with Crippen LogP contribution < -0.4 is 15.4 Å². The number of hydrogen-bond acceptors (Lipinski definition) is 7. The lowest BCUT2D eigenvalue weighted by Gasteiger charge is -2.29. The standard InChI is InChI=1S/C32H33N5O5S/c1-42-25-10-5-9-21-20(25)15-24(34-21)32(41)37-16-18-6-4-7-19(18)27(37)30(40)35-23(14-17-12-13-33-29(17)39)28(38)31-36-22-8-2-3-11-26(22)43-31/h2-3,5,8-11,15,17-19,23,27,34H,4,6-7,12-14,16H2,1H3,(H,33,39)(H,35,40)/t17-,18-,19-,23-,27-/m0/s1. The van der Waals surface area contributed by atoms with Crippen molar-refractivity contribution in [2.45, 2.75) is 44.2 Å². The van der Waals surface area contributed by atoms with Gasteiger partial charge in [-0.2, -0.15) is 0 Å². The second-order valence-electron chi connectivity index (χ2n) is 11.8. The predicted molar refractivity (Wildman–Crippen MR) is 162 cm³/mol. The molecular weight excluding hydrogens is 566 g/mol. The second-order valence-corrected chi connectivity index (χ2v) is 12.8. The molecule has 0 unspecified atom stereocenters. The lowest BCUT2D eigenvalue weighted by atomic mass is 9.92. The fourth-order valence-electron chi connectivity index (χ4n) is 7.20. The first-order valence-electron chi connectivity index (χ1n) is 14.9. The van der Waals surface area contributed by atoms with Gasteiger partial charge in [0.2, 0.25) is 17.6 Å². The highest BCUT2D eigenvalue weighted by Crippen LogP contribution is 2.43. The quantitative estimate of drug-likeness (QED) is 0.263. The summed E-state index contributed by atoms with van der Waals surface area (Å²) in [5.74, 6) is -0.521. The van der Waals surface area contributed by atoms with Crippen LogP contribution in [-0.2, 0) is 9.59 Å². The van der Waals surface area contributed by atoms with Crippen molar-refractivity contribution >= 4 is 56.0 Å². The van der Waals surface area contributed by atoms with Crippen LogP contribution in [0.2, 0.25) is 0 Å². The Bertz CT molecular complexity index is 1710. The molecule has 3 N–H and O–H groups in total. The van der Waals surface area contributed by atoms with Gasteiger partial charge in [-0.25, -0.2) is 4.98 Å². The van der Waals surface area contributed by atoms with Crippen molar-refractivity contribution < 1.29 is 23.9 Å². The Morgan fingerprint density at radius 2 is 2.00 bits per heavy atom. The van der Waals surface area contributed by atoms with Gasteiger partial charge in [-0.3, -0.25) is 19.2 Å². The summed E-state index contributed by atoms with van der Waals surface area (Å²) in [6.07, 6.45) is 3.58. The van der Waals surface area contributed by atoms with Crippen LogP contribution in [0.5, 0.6) is 5.75 Å². The Morgan fingerprint density at radius 1 is 1.14 bits per heavy atom. The van der Waals surface area contributed by atoms with Crippen LogP contribution >= 0.6 is 11.3 Å². The number of nitrogens with one attached hydrogen (secondary N) is 3. The molecule has 43 heavy (non-hydrogen) atoms. The monoisotopic (exact) mass is 599 g/mol. The molecule has 0 radical (unpaired) electrons. The first-order chi connectivity index (χ1) is 20.9. The minimum absolute atomic E-state index is 0.0100. The molecule has 10 nitrogen and oxygen atoms in total. The summed E-state index contributed by atoms with van der Waals surface area (Å²) in [5.41, 5.74) is 1.89. The maximum absolute atomic E-state index is 14.2. The van der Waals surface area contributed by atoms with Crippen LogP contribution in [0.15, 0.2) is 48.5 Å². The molecule has 1 aliphatic carbocycles. The number of H-pyrrole nitrogens is 1.